The molecule has 7 fully saturated rings. The Labute approximate surface area is 767 Å². The lowest BCUT2D eigenvalue weighted by molar-refractivity contribution is -0.158. The van der Waals surface area contributed by atoms with Gasteiger partial charge in [-0.3, -0.25) is 96.5 Å². The number of unbranched alkanes of at least 4 members (excludes halogenated alkanes) is 15. The van der Waals surface area contributed by atoms with Crippen LogP contribution in [0, 0.1) is 87.3 Å². The summed E-state index contributed by atoms with van der Waals surface area (Å²) in [6.07, 6.45) is 30.9. The van der Waals surface area contributed by atoms with Crippen LogP contribution in [-0.2, 0) is 83.1 Å². The van der Waals surface area contributed by atoms with E-state index < -0.39 is 29.1 Å². The number of carbonyl (C=O) groups excluding carboxylic acids is 14. The molecule has 1 aliphatic carbocycles. The zero-order valence-corrected chi connectivity index (χ0v) is 84.2. The first-order valence-corrected chi connectivity index (χ1v) is 49.4. The monoisotopic (exact) mass is 1780 g/mol. The van der Waals surface area contributed by atoms with E-state index in [4.69, 9.17) is 9.47 Å². The first kappa shape index (κ1) is 115. The number of amides is 12. The Bertz CT molecular complexity index is 3660. The summed E-state index contributed by atoms with van der Waals surface area (Å²) < 4.78 is 9.93. The van der Waals surface area contributed by atoms with E-state index in [1.807, 2.05) is 176 Å². The third-order valence-corrected chi connectivity index (χ3v) is 27.6. The first-order chi connectivity index (χ1) is 59.8. The molecule has 22 heteroatoms. The summed E-state index contributed by atoms with van der Waals surface area (Å²) in [5.74, 6) is -2.64. The fraction of sp³-hybridized carbons (Fsp3) is 0.752. The Morgan fingerprint density at radius 1 is 0.362 bits per heavy atom. The average Bonchev–Trinajstić information content (AvgIpc) is 1.60. The van der Waals surface area contributed by atoms with Gasteiger partial charge in [-0.2, -0.15) is 0 Å². The van der Waals surface area contributed by atoms with Crippen molar-refractivity contribution in [3.05, 3.63) is 71.8 Å². The number of esters is 2. The number of nitrogens with zero attached hydrogens (tertiary/aromatic N) is 6. The van der Waals surface area contributed by atoms with Crippen LogP contribution in [0.1, 0.15) is 384 Å². The Hall–Kier alpha value is -7.78. The lowest BCUT2D eigenvalue weighted by Gasteiger charge is -2.34. The largest absolute Gasteiger partial charge is 0.466 e. The van der Waals surface area contributed by atoms with Crippen molar-refractivity contribution in [3.8, 4) is 0 Å². The summed E-state index contributed by atoms with van der Waals surface area (Å²) in [5.41, 5.74) is 1.14. The molecule has 127 heavy (non-hydrogen) atoms. The number of likely N-dealkylation sites (tertiary alicyclic amines) is 6. The Morgan fingerprint density at radius 3 is 1.06 bits per heavy atom. The maximum Gasteiger partial charge on any atom is 0.311 e. The first-order valence-electron chi connectivity index (χ1n) is 49.4. The second-order valence-corrected chi connectivity index (χ2v) is 39.2. The van der Waals surface area contributed by atoms with Crippen molar-refractivity contribution in [2.45, 2.75) is 391 Å². The fourth-order valence-electron chi connectivity index (χ4n) is 16.7. The van der Waals surface area contributed by atoms with Crippen LogP contribution in [0.15, 0.2) is 60.7 Å². The summed E-state index contributed by atoms with van der Waals surface area (Å²) in [5, 5.41) is 0. The molecule has 2 aromatic carbocycles. The summed E-state index contributed by atoms with van der Waals surface area (Å²) in [7, 11) is 0. The number of hydrogen-bond donors (Lipinski definition) is 0. The van der Waals surface area contributed by atoms with E-state index in [9.17, 15) is 67.1 Å². The van der Waals surface area contributed by atoms with Crippen molar-refractivity contribution in [3.63, 3.8) is 0 Å². The molecule has 0 aromatic heterocycles. The summed E-state index contributed by atoms with van der Waals surface area (Å²) in [6, 6.07) is 20.3. The van der Waals surface area contributed by atoms with E-state index in [0.717, 1.165) is 102 Å². The smallest absolute Gasteiger partial charge is 0.311 e. The highest BCUT2D eigenvalue weighted by Crippen LogP contribution is 2.47. The van der Waals surface area contributed by atoms with Crippen LogP contribution < -0.4 is 0 Å². The van der Waals surface area contributed by atoms with Crippen LogP contribution in [0.5, 0.6) is 0 Å². The number of imide groups is 6. The Kier molecular flexibility index (Phi) is 52.7. The number of rotatable bonds is 37. The molecule has 0 radical (unpaired) electrons. The SMILES string of the molecule is CC1C(=O)N(C2CCCCC2)C(=O)C1C.CCC(C)(C)C(=O)OC(C)C.CCC(C)c1ccccc1.CCCCCCCCCCCCN1C(=O)C(C)C(C)C1=O.CCCCCCN1C(=O)C(C)C(C(C)(C)CC2C(=O)N(Cc3ccccc3)C(=O)C2C)C1=O.CCCCCCN1C(=O)C(C)C(C)C1=O.CCCN1C(=O)C(C)C(C)C1=O.CCOC(=O)C(C)(C)CC. The van der Waals surface area contributed by atoms with E-state index in [1.165, 1.54) is 107 Å². The molecular weight excluding hydrogens is 1600 g/mol. The van der Waals surface area contributed by atoms with Gasteiger partial charge in [0, 0.05) is 91.4 Å². The normalized spacial score (nSPS) is 23.4. The Morgan fingerprint density at radius 2 is 0.693 bits per heavy atom. The highest BCUT2D eigenvalue weighted by atomic mass is 16.5. The zero-order valence-electron chi connectivity index (χ0n) is 84.2. The maximum atomic E-state index is 13.3. The molecule has 13 atom stereocenters. The van der Waals surface area contributed by atoms with Crippen LogP contribution in [-0.4, -0.2) is 157 Å². The molecule has 2 aromatic rings. The molecule has 1 saturated carbocycles. The lowest BCUT2D eigenvalue weighted by Crippen LogP contribution is -2.41. The molecule has 0 bridgehead atoms. The van der Waals surface area contributed by atoms with Crippen LogP contribution >= 0.6 is 0 Å². The number of benzene rings is 2. The van der Waals surface area contributed by atoms with Crippen molar-refractivity contribution in [1.29, 1.82) is 0 Å². The van der Waals surface area contributed by atoms with Crippen molar-refractivity contribution >= 4 is 82.8 Å². The maximum absolute atomic E-state index is 13.3. The molecule has 6 aliphatic heterocycles. The third-order valence-electron chi connectivity index (χ3n) is 27.6. The summed E-state index contributed by atoms with van der Waals surface area (Å²) >= 11 is 0. The van der Waals surface area contributed by atoms with Crippen LogP contribution in [0.25, 0.3) is 0 Å². The Balaban J connectivity index is 0.000000512. The second-order valence-electron chi connectivity index (χ2n) is 39.2. The van der Waals surface area contributed by atoms with Gasteiger partial charge in [0.2, 0.25) is 70.9 Å². The van der Waals surface area contributed by atoms with Gasteiger partial charge in [0.1, 0.15) is 0 Å². The number of carbonyl (C=O) groups is 14. The predicted molar refractivity (Wildman–Crippen MR) is 506 cm³/mol. The minimum atomic E-state index is -0.581. The molecular formula is C105H174N6O16. The van der Waals surface area contributed by atoms with Gasteiger partial charge in [0.25, 0.3) is 0 Å². The van der Waals surface area contributed by atoms with Gasteiger partial charge in [0.05, 0.1) is 41.9 Å². The molecule has 9 rings (SSSR count). The van der Waals surface area contributed by atoms with Gasteiger partial charge in [-0.1, -0.05) is 315 Å². The van der Waals surface area contributed by atoms with E-state index in [0.29, 0.717) is 45.1 Å². The van der Waals surface area contributed by atoms with Crippen molar-refractivity contribution in [2.24, 2.45) is 87.3 Å². The summed E-state index contributed by atoms with van der Waals surface area (Å²) in [4.78, 5) is 177. The molecule has 6 heterocycles. The van der Waals surface area contributed by atoms with E-state index in [2.05, 4.69) is 65.0 Å². The molecule has 0 N–H and O–H groups in total. The van der Waals surface area contributed by atoms with Crippen molar-refractivity contribution < 1.29 is 76.6 Å². The van der Waals surface area contributed by atoms with Crippen LogP contribution in [0.3, 0.4) is 0 Å². The van der Waals surface area contributed by atoms with Gasteiger partial charge in [-0.05, 0) is 135 Å². The second kappa shape index (κ2) is 58.1. The minimum Gasteiger partial charge on any atom is -0.466 e. The van der Waals surface area contributed by atoms with E-state index in [-0.39, 0.29) is 160 Å². The van der Waals surface area contributed by atoms with Gasteiger partial charge < -0.3 is 9.47 Å². The minimum absolute atomic E-state index is 0.00523. The van der Waals surface area contributed by atoms with Gasteiger partial charge in [-0.15, -0.1) is 0 Å². The fourth-order valence-corrected chi connectivity index (χ4v) is 16.7. The summed E-state index contributed by atoms with van der Waals surface area (Å²) in [6.45, 7) is 55.5. The molecule has 22 nitrogen and oxygen atoms in total. The van der Waals surface area contributed by atoms with Gasteiger partial charge in [0.15, 0.2) is 0 Å². The van der Waals surface area contributed by atoms with Gasteiger partial charge >= 0.3 is 11.9 Å². The standard InChI is InChI=1S/C27H38N2O4.C18H33NO2.C12H19NO2.C12H21NO2.C10H14.C9H15NO2.C9H18O2.C8H16O2/c1-6-7-8-12-15-28-24(31)19(3)22(26(28)33)27(4,5)16-21-18(2)23(30)29(25(21)32)17-20-13-10-9-11-14-20;1-4-5-6-7-8-9-10-11-12-13-14-19-17(20)15(2)16(3)18(19)21;1-8-9(2)12(15)13(11(8)14)10-6-4-3-5-7-10;1-4-5-6-7-8-13-11(14)9(2)10(3)12(13)15;1-3-9(2)10-7-5-4-6-8-10;1-4-5-10-8(11)6(2)7(3)9(10)12;1-6-9(4,5)8(10)11-7(2)3;1-5-8(3,4)7(9)10-6-2/h9-11,13-14,18-19,21-22H,6-8,12,15-17H2,1-5H3;15-16H,4-14H2,1-3H3;8-10H,3-7H2,1-2H3;9-10H,4-8H2,1-3H3;4-9H,3H2,1-2H3;6-7H,4-5H2,1-3H3;7H,6H2,1-5H3;5-6H2,1-4H3. The van der Waals surface area contributed by atoms with Crippen molar-refractivity contribution in [1.82, 2.24) is 29.4 Å². The quantitative estimate of drug-likeness (QED) is 0.0345. The van der Waals surface area contributed by atoms with Crippen LogP contribution in [0.2, 0.25) is 0 Å². The predicted octanol–water partition coefficient (Wildman–Crippen LogP) is 21.7. The zero-order chi connectivity index (χ0) is 96.4. The number of ether oxygens (including phenoxy) is 2. The molecule has 0 spiro atoms. The molecule has 13 unspecified atom stereocenters. The van der Waals surface area contributed by atoms with Crippen molar-refractivity contribution in [2.75, 3.05) is 32.8 Å². The third kappa shape index (κ3) is 35.1. The van der Waals surface area contributed by atoms with E-state index in [1.54, 1.807) is 11.8 Å². The van der Waals surface area contributed by atoms with Gasteiger partial charge in [-0.25, -0.2) is 0 Å². The highest BCUT2D eigenvalue weighted by molar-refractivity contribution is 6.08. The highest BCUT2D eigenvalue weighted by Gasteiger charge is 2.56. The number of hydrogen-bond acceptors (Lipinski definition) is 16. The molecule has 6 saturated heterocycles. The average molecular weight is 1780 g/mol. The molecule has 720 valence electrons. The van der Waals surface area contributed by atoms with Crippen LogP contribution in [0.4, 0.5) is 0 Å². The van der Waals surface area contributed by atoms with E-state index >= 15 is 0 Å². The molecule has 7 aliphatic rings. The topological polar surface area (TPSA) is 277 Å². The lowest BCUT2D eigenvalue weighted by atomic mass is 9.67. The molecule has 12 amide bonds.